The SMILES string of the molecule is CC(C)(CCCNCC1(O)CCCC1)C(N)=NO. The van der Waals surface area contributed by atoms with Gasteiger partial charge in [0, 0.05) is 12.0 Å². The Morgan fingerprint density at radius 3 is 2.56 bits per heavy atom. The summed E-state index contributed by atoms with van der Waals surface area (Å²) in [6.07, 6.45) is 5.89. The van der Waals surface area contributed by atoms with E-state index in [9.17, 15) is 5.11 Å². The molecular weight excluding hydrogens is 230 g/mol. The molecule has 0 heterocycles. The van der Waals surface area contributed by atoms with Crippen molar-refractivity contribution in [3.05, 3.63) is 0 Å². The van der Waals surface area contributed by atoms with Crippen LogP contribution in [0.2, 0.25) is 0 Å². The summed E-state index contributed by atoms with van der Waals surface area (Å²) in [7, 11) is 0. The van der Waals surface area contributed by atoms with E-state index in [0.29, 0.717) is 6.54 Å². The van der Waals surface area contributed by atoms with Crippen LogP contribution in [0.25, 0.3) is 0 Å². The molecule has 1 fully saturated rings. The Morgan fingerprint density at radius 2 is 2.00 bits per heavy atom. The van der Waals surface area contributed by atoms with Crippen molar-refractivity contribution >= 4 is 5.84 Å². The summed E-state index contributed by atoms with van der Waals surface area (Å²) in [5.41, 5.74) is 4.86. The zero-order chi connectivity index (χ0) is 13.6. The van der Waals surface area contributed by atoms with Crippen molar-refractivity contribution in [2.24, 2.45) is 16.3 Å². The molecule has 0 unspecified atom stereocenters. The summed E-state index contributed by atoms with van der Waals surface area (Å²) in [6, 6.07) is 0. The highest BCUT2D eigenvalue weighted by Crippen LogP contribution is 2.28. The molecule has 5 nitrogen and oxygen atoms in total. The van der Waals surface area contributed by atoms with Crippen LogP contribution in [0.15, 0.2) is 5.16 Å². The summed E-state index contributed by atoms with van der Waals surface area (Å²) in [6.45, 7) is 5.46. The quantitative estimate of drug-likeness (QED) is 0.183. The second-order valence-electron chi connectivity index (χ2n) is 6.08. The molecule has 0 aromatic carbocycles. The second kappa shape index (κ2) is 6.38. The molecule has 0 aromatic heterocycles. The van der Waals surface area contributed by atoms with Crippen LogP contribution in [0.3, 0.4) is 0 Å². The Bertz CT molecular complexity index is 284. The van der Waals surface area contributed by atoms with Gasteiger partial charge in [-0.15, -0.1) is 0 Å². The van der Waals surface area contributed by atoms with E-state index in [-0.39, 0.29) is 11.3 Å². The molecule has 106 valence electrons. The van der Waals surface area contributed by atoms with Gasteiger partial charge >= 0.3 is 0 Å². The average molecular weight is 257 g/mol. The fourth-order valence-corrected chi connectivity index (χ4v) is 2.45. The van der Waals surface area contributed by atoms with Crippen LogP contribution in [0.4, 0.5) is 0 Å². The molecule has 5 heteroatoms. The van der Waals surface area contributed by atoms with Crippen LogP contribution < -0.4 is 11.1 Å². The van der Waals surface area contributed by atoms with Gasteiger partial charge in [0.15, 0.2) is 0 Å². The highest BCUT2D eigenvalue weighted by atomic mass is 16.4. The molecule has 0 amide bonds. The first-order valence-corrected chi connectivity index (χ1v) is 6.81. The van der Waals surface area contributed by atoms with E-state index in [1.165, 1.54) is 0 Å². The van der Waals surface area contributed by atoms with Gasteiger partial charge in [0.05, 0.1) is 5.60 Å². The number of hydrogen-bond acceptors (Lipinski definition) is 4. The van der Waals surface area contributed by atoms with E-state index >= 15 is 0 Å². The van der Waals surface area contributed by atoms with Gasteiger partial charge in [0.25, 0.3) is 0 Å². The van der Waals surface area contributed by atoms with Crippen molar-refractivity contribution < 1.29 is 10.3 Å². The smallest absolute Gasteiger partial charge is 0.144 e. The predicted octanol–water partition coefficient (Wildman–Crippen LogP) is 1.43. The third-order valence-corrected chi connectivity index (χ3v) is 3.94. The van der Waals surface area contributed by atoms with Crippen molar-refractivity contribution in [3.8, 4) is 0 Å². The van der Waals surface area contributed by atoms with E-state index < -0.39 is 5.60 Å². The van der Waals surface area contributed by atoms with Crippen molar-refractivity contribution in [1.82, 2.24) is 5.32 Å². The van der Waals surface area contributed by atoms with Gasteiger partial charge in [-0.1, -0.05) is 31.8 Å². The molecule has 0 spiro atoms. The lowest BCUT2D eigenvalue weighted by atomic mass is 9.86. The highest BCUT2D eigenvalue weighted by Gasteiger charge is 2.30. The Balaban J connectivity index is 2.15. The molecule has 0 aromatic rings. The Hall–Kier alpha value is -0.810. The molecule has 0 aliphatic heterocycles. The van der Waals surface area contributed by atoms with Crippen molar-refractivity contribution in [1.29, 1.82) is 0 Å². The fraction of sp³-hybridized carbons (Fsp3) is 0.923. The fourth-order valence-electron chi connectivity index (χ4n) is 2.45. The van der Waals surface area contributed by atoms with Gasteiger partial charge in [-0.2, -0.15) is 0 Å². The van der Waals surface area contributed by atoms with Crippen LogP contribution in [0, 0.1) is 5.41 Å². The zero-order valence-electron chi connectivity index (χ0n) is 11.6. The van der Waals surface area contributed by atoms with Gasteiger partial charge in [-0.3, -0.25) is 0 Å². The third kappa shape index (κ3) is 4.46. The number of nitrogens with one attached hydrogen (secondary N) is 1. The molecule has 1 aliphatic carbocycles. The monoisotopic (exact) mass is 257 g/mol. The summed E-state index contributed by atoms with van der Waals surface area (Å²) in [4.78, 5) is 0. The Kier molecular flexibility index (Phi) is 5.41. The molecule has 0 atom stereocenters. The zero-order valence-corrected chi connectivity index (χ0v) is 11.6. The van der Waals surface area contributed by atoms with Crippen LogP contribution in [-0.2, 0) is 0 Å². The summed E-state index contributed by atoms with van der Waals surface area (Å²) in [5, 5.41) is 25.2. The third-order valence-electron chi connectivity index (χ3n) is 3.94. The van der Waals surface area contributed by atoms with Crippen LogP contribution in [0.5, 0.6) is 0 Å². The van der Waals surface area contributed by atoms with Crippen molar-refractivity contribution in [2.75, 3.05) is 13.1 Å². The first-order valence-electron chi connectivity index (χ1n) is 6.81. The average Bonchev–Trinajstić information content (AvgIpc) is 2.74. The number of nitrogens with zero attached hydrogens (tertiary/aromatic N) is 1. The van der Waals surface area contributed by atoms with Crippen molar-refractivity contribution in [2.45, 2.75) is 58.0 Å². The summed E-state index contributed by atoms with van der Waals surface area (Å²) in [5.74, 6) is 0.275. The molecule has 0 saturated heterocycles. The Labute approximate surface area is 109 Å². The number of nitrogens with two attached hydrogens (primary N) is 1. The normalized spacial score (nSPS) is 20.3. The van der Waals surface area contributed by atoms with Crippen molar-refractivity contribution in [3.63, 3.8) is 0 Å². The lowest BCUT2D eigenvalue weighted by Gasteiger charge is -2.24. The molecular formula is C13H27N3O2. The molecule has 1 rings (SSSR count). The molecule has 18 heavy (non-hydrogen) atoms. The first-order chi connectivity index (χ1) is 8.40. The maximum absolute atomic E-state index is 10.1. The van der Waals surface area contributed by atoms with Gasteiger partial charge in [-0.05, 0) is 32.2 Å². The second-order valence-corrected chi connectivity index (χ2v) is 6.08. The van der Waals surface area contributed by atoms with E-state index in [4.69, 9.17) is 10.9 Å². The van der Waals surface area contributed by atoms with E-state index in [1.54, 1.807) is 0 Å². The molecule has 5 N–H and O–H groups in total. The maximum Gasteiger partial charge on any atom is 0.144 e. The number of hydrogen-bond donors (Lipinski definition) is 4. The minimum Gasteiger partial charge on any atom is -0.409 e. The van der Waals surface area contributed by atoms with Gasteiger partial charge in [0.1, 0.15) is 5.84 Å². The topological polar surface area (TPSA) is 90.9 Å². The van der Waals surface area contributed by atoms with E-state index in [1.807, 2.05) is 13.8 Å². The number of amidine groups is 1. The molecule has 1 saturated carbocycles. The maximum atomic E-state index is 10.1. The lowest BCUT2D eigenvalue weighted by molar-refractivity contribution is 0.0478. The lowest BCUT2D eigenvalue weighted by Crippen LogP contribution is -2.39. The van der Waals surface area contributed by atoms with Crippen LogP contribution in [-0.4, -0.2) is 34.8 Å². The molecule has 1 aliphatic rings. The highest BCUT2D eigenvalue weighted by molar-refractivity contribution is 5.85. The Morgan fingerprint density at radius 1 is 1.39 bits per heavy atom. The van der Waals surface area contributed by atoms with Crippen LogP contribution >= 0.6 is 0 Å². The largest absolute Gasteiger partial charge is 0.409 e. The molecule has 0 bridgehead atoms. The van der Waals surface area contributed by atoms with Gasteiger partial charge in [0.2, 0.25) is 0 Å². The number of oxime groups is 1. The molecule has 0 radical (unpaired) electrons. The number of rotatable bonds is 7. The van der Waals surface area contributed by atoms with Gasteiger partial charge in [-0.25, -0.2) is 0 Å². The van der Waals surface area contributed by atoms with E-state index in [2.05, 4.69) is 10.5 Å². The first kappa shape index (κ1) is 15.2. The summed E-state index contributed by atoms with van der Waals surface area (Å²) < 4.78 is 0. The minimum atomic E-state index is -0.485. The van der Waals surface area contributed by atoms with E-state index in [0.717, 1.165) is 45.1 Å². The predicted molar refractivity (Wildman–Crippen MR) is 72.7 cm³/mol. The summed E-state index contributed by atoms with van der Waals surface area (Å²) >= 11 is 0. The van der Waals surface area contributed by atoms with Gasteiger partial charge < -0.3 is 21.4 Å². The standard InChI is InChI=1S/C13H27N3O2/c1-12(2,11(14)16-18)6-5-9-15-10-13(17)7-3-4-8-13/h15,17-18H,3-10H2,1-2H3,(H2,14,16). The van der Waals surface area contributed by atoms with Crippen LogP contribution in [0.1, 0.15) is 52.4 Å². The number of aliphatic hydroxyl groups is 1. The minimum absolute atomic E-state index is 0.275.